The lowest BCUT2D eigenvalue weighted by Crippen LogP contribution is -2.13. The van der Waals surface area contributed by atoms with Gasteiger partial charge >= 0.3 is 0 Å². The number of benzene rings is 2. The van der Waals surface area contributed by atoms with Gasteiger partial charge in [-0.2, -0.15) is 4.98 Å². The molecule has 1 saturated carbocycles. The number of rotatable bonds is 5. The standard InChI is InChI=1S/C21H20N4O3/c1-12-6-7-16(11-18(12)22-13(2)26)20(27)23-17-5-3-4-15(10-17)19-24-21(28-25-19)14-8-9-14/h3-7,10-11,14H,8-9H2,1-2H3,(H,22,26)(H,23,27). The highest BCUT2D eigenvalue weighted by Gasteiger charge is 2.29. The SMILES string of the molecule is CC(=O)Nc1cc(C(=O)Nc2cccc(-c3noc(C4CC4)n3)c2)ccc1C. The third-order valence-electron chi connectivity index (χ3n) is 4.56. The van der Waals surface area contributed by atoms with Gasteiger partial charge in [0.2, 0.25) is 17.6 Å². The van der Waals surface area contributed by atoms with Gasteiger partial charge in [-0.15, -0.1) is 0 Å². The first-order valence-electron chi connectivity index (χ1n) is 9.13. The lowest BCUT2D eigenvalue weighted by Gasteiger charge is -2.10. The zero-order valence-electron chi connectivity index (χ0n) is 15.7. The molecular formula is C21H20N4O3. The summed E-state index contributed by atoms with van der Waals surface area (Å²) < 4.78 is 5.31. The average Bonchev–Trinajstić information content (AvgIpc) is 3.40. The predicted octanol–water partition coefficient (Wildman–Crippen LogP) is 4.13. The smallest absolute Gasteiger partial charge is 0.255 e. The van der Waals surface area contributed by atoms with Crippen molar-refractivity contribution in [3.63, 3.8) is 0 Å². The number of carbonyl (C=O) groups is 2. The first kappa shape index (κ1) is 17.9. The lowest BCUT2D eigenvalue weighted by molar-refractivity contribution is -0.114. The van der Waals surface area contributed by atoms with E-state index in [1.54, 1.807) is 24.3 Å². The first-order chi connectivity index (χ1) is 13.5. The highest BCUT2D eigenvalue weighted by Crippen LogP contribution is 2.39. The third kappa shape index (κ3) is 3.93. The van der Waals surface area contributed by atoms with E-state index >= 15 is 0 Å². The van der Waals surface area contributed by atoms with Gasteiger partial charge in [0, 0.05) is 35.3 Å². The Hall–Kier alpha value is -3.48. The van der Waals surface area contributed by atoms with Crippen molar-refractivity contribution in [2.24, 2.45) is 0 Å². The van der Waals surface area contributed by atoms with Crippen LogP contribution >= 0.6 is 0 Å². The van der Waals surface area contributed by atoms with Gasteiger partial charge in [-0.05, 0) is 49.6 Å². The van der Waals surface area contributed by atoms with Crippen molar-refractivity contribution < 1.29 is 14.1 Å². The topological polar surface area (TPSA) is 97.1 Å². The molecule has 0 spiro atoms. The first-order valence-corrected chi connectivity index (χ1v) is 9.13. The second-order valence-corrected chi connectivity index (χ2v) is 6.98. The van der Waals surface area contributed by atoms with Crippen molar-refractivity contribution in [3.05, 3.63) is 59.5 Å². The van der Waals surface area contributed by atoms with Gasteiger partial charge in [0.05, 0.1) is 0 Å². The van der Waals surface area contributed by atoms with Crippen molar-refractivity contribution in [3.8, 4) is 11.4 Å². The summed E-state index contributed by atoms with van der Waals surface area (Å²) in [5, 5.41) is 9.64. The van der Waals surface area contributed by atoms with Crippen LogP contribution < -0.4 is 10.6 Å². The molecule has 0 atom stereocenters. The molecule has 0 aliphatic heterocycles. The minimum atomic E-state index is -0.268. The lowest BCUT2D eigenvalue weighted by atomic mass is 10.1. The Labute approximate surface area is 162 Å². The van der Waals surface area contributed by atoms with Gasteiger partial charge in [0.25, 0.3) is 5.91 Å². The van der Waals surface area contributed by atoms with E-state index in [0.717, 1.165) is 24.0 Å². The molecule has 7 nitrogen and oxygen atoms in total. The molecule has 2 N–H and O–H groups in total. The molecule has 0 radical (unpaired) electrons. The van der Waals surface area contributed by atoms with Crippen molar-refractivity contribution >= 4 is 23.2 Å². The van der Waals surface area contributed by atoms with E-state index < -0.39 is 0 Å². The number of carbonyl (C=O) groups excluding carboxylic acids is 2. The molecule has 0 unspecified atom stereocenters. The number of nitrogens with zero attached hydrogens (tertiary/aromatic N) is 2. The highest BCUT2D eigenvalue weighted by molar-refractivity contribution is 6.05. The largest absolute Gasteiger partial charge is 0.339 e. The molecule has 4 rings (SSSR count). The Morgan fingerprint density at radius 1 is 1.11 bits per heavy atom. The van der Waals surface area contributed by atoms with Crippen LogP contribution in [0.5, 0.6) is 0 Å². The summed E-state index contributed by atoms with van der Waals surface area (Å²) in [4.78, 5) is 28.4. The van der Waals surface area contributed by atoms with Crippen molar-refractivity contribution in [2.45, 2.75) is 32.6 Å². The fraction of sp³-hybridized carbons (Fsp3) is 0.238. The van der Waals surface area contributed by atoms with Gasteiger partial charge in [0.15, 0.2) is 0 Å². The van der Waals surface area contributed by atoms with Gasteiger partial charge in [-0.25, -0.2) is 0 Å². The van der Waals surface area contributed by atoms with Crippen molar-refractivity contribution in [1.29, 1.82) is 0 Å². The Balaban J connectivity index is 1.52. The van der Waals surface area contributed by atoms with E-state index in [1.165, 1.54) is 6.92 Å². The molecule has 2 aromatic carbocycles. The number of nitrogens with one attached hydrogen (secondary N) is 2. The maximum absolute atomic E-state index is 12.6. The van der Waals surface area contributed by atoms with E-state index in [2.05, 4.69) is 20.8 Å². The molecule has 1 aromatic heterocycles. The molecule has 1 fully saturated rings. The highest BCUT2D eigenvalue weighted by atomic mass is 16.5. The second kappa shape index (κ2) is 7.26. The minimum absolute atomic E-state index is 0.181. The molecule has 3 aromatic rings. The summed E-state index contributed by atoms with van der Waals surface area (Å²) in [7, 11) is 0. The Morgan fingerprint density at radius 2 is 1.93 bits per heavy atom. The fourth-order valence-electron chi connectivity index (χ4n) is 2.88. The summed E-state index contributed by atoms with van der Waals surface area (Å²) in [6.45, 7) is 3.31. The van der Waals surface area contributed by atoms with E-state index in [1.807, 2.05) is 25.1 Å². The summed E-state index contributed by atoms with van der Waals surface area (Å²) in [6, 6.07) is 12.5. The molecule has 7 heteroatoms. The van der Waals surface area contributed by atoms with Gasteiger partial charge < -0.3 is 15.2 Å². The monoisotopic (exact) mass is 376 g/mol. The molecular weight excluding hydrogens is 356 g/mol. The van der Waals surface area contributed by atoms with E-state index in [0.29, 0.717) is 34.6 Å². The molecule has 142 valence electrons. The Bertz CT molecular complexity index is 1050. The fourth-order valence-corrected chi connectivity index (χ4v) is 2.88. The summed E-state index contributed by atoms with van der Waals surface area (Å²) in [5.41, 5.74) is 3.36. The van der Waals surface area contributed by atoms with Gasteiger partial charge in [0.1, 0.15) is 0 Å². The zero-order valence-corrected chi connectivity index (χ0v) is 15.7. The van der Waals surface area contributed by atoms with Gasteiger partial charge in [-0.1, -0.05) is 23.4 Å². The van der Waals surface area contributed by atoms with Crippen molar-refractivity contribution in [1.82, 2.24) is 10.1 Å². The van der Waals surface area contributed by atoms with Crippen LogP contribution in [0.4, 0.5) is 11.4 Å². The van der Waals surface area contributed by atoms with Crippen LogP contribution in [0, 0.1) is 6.92 Å². The van der Waals surface area contributed by atoms with Crippen LogP contribution in [0.15, 0.2) is 47.0 Å². The van der Waals surface area contributed by atoms with Gasteiger partial charge in [-0.3, -0.25) is 9.59 Å². The Kier molecular flexibility index (Phi) is 4.65. The number of hydrogen-bond donors (Lipinski definition) is 2. The molecule has 0 saturated heterocycles. The number of amides is 2. The van der Waals surface area contributed by atoms with Crippen LogP contribution in [-0.2, 0) is 4.79 Å². The van der Waals surface area contributed by atoms with E-state index in [9.17, 15) is 9.59 Å². The van der Waals surface area contributed by atoms with Crippen LogP contribution in [0.2, 0.25) is 0 Å². The average molecular weight is 376 g/mol. The van der Waals surface area contributed by atoms with Crippen LogP contribution in [0.25, 0.3) is 11.4 Å². The maximum atomic E-state index is 12.6. The molecule has 2 amide bonds. The zero-order chi connectivity index (χ0) is 19.7. The minimum Gasteiger partial charge on any atom is -0.339 e. The van der Waals surface area contributed by atoms with E-state index in [4.69, 9.17) is 4.52 Å². The molecule has 28 heavy (non-hydrogen) atoms. The third-order valence-corrected chi connectivity index (χ3v) is 4.56. The number of anilines is 2. The molecule has 0 bridgehead atoms. The second-order valence-electron chi connectivity index (χ2n) is 6.98. The number of aryl methyl sites for hydroxylation is 1. The summed E-state index contributed by atoms with van der Waals surface area (Å²) >= 11 is 0. The summed E-state index contributed by atoms with van der Waals surface area (Å²) in [5.74, 6) is 1.13. The van der Waals surface area contributed by atoms with E-state index in [-0.39, 0.29) is 11.8 Å². The molecule has 1 aliphatic carbocycles. The quantitative estimate of drug-likeness (QED) is 0.698. The predicted molar refractivity (Wildman–Crippen MR) is 105 cm³/mol. The Morgan fingerprint density at radius 3 is 2.68 bits per heavy atom. The number of hydrogen-bond acceptors (Lipinski definition) is 5. The normalized spacial score (nSPS) is 13.2. The van der Waals surface area contributed by atoms with Crippen LogP contribution in [0.3, 0.4) is 0 Å². The van der Waals surface area contributed by atoms with Crippen molar-refractivity contribution in [2.75, 3.05) is 10.6 Å². The van der Waals surface area contributed by atoms with Crippen LogP contribution in [-0.4, -0.2) is 22.0 Å². The maximum Gasteiger partial charge on any atom is 0.255 e. The number of aromatic nitrogens is 2. The summed E-state index contributed by atoms with van der Waals surface area (Å²) in [6.07, 6.45) is 2.18. The molecule has 1 heterocycles. The van der Waals surface area contributed by atoms with Crippen LogP contribution in [0.1, 0.15) is 47.5 Å². The molecule has 1 aliphatic rings.